The zero-order chi connectivity index (χ0) is 15.7. The van der Waals surface area contributed by atoms with E-state index in [1.165, 1.54) is 7.11 Å². The highest BCUT2D eigenvalue weighted by Crippen LogP contribution is 2.09. The Morgan fingerprint density at radius 3 is 2.52 bits per heavy atom. The predicted molar refractivity (Wildman–Crippen MR) is 79.8 cm³/mol. The summed E-state index contributed by atoms with van der Waals surface area (Å²) in [6.07, 6.45) is 1.41. The summed E-state index contributed by atoms with van der Waals surface area (Å²) in [6, 6.07) is 6.30. The molecule has 0 saturated carbocycles. The summed E-state index contributed by atoms with van der Waals surface area (Å²) < 4.78 is 9.69. The minimum Gasteiger partial charge on any atom is -0.467 e. The van der Waals surface area contributed by atoms with Gasteiger partial charge < -0.3 is 20.5 Å². The highest BCUT2D eigenvalue weighted by Gasteiger charge is 2.22. The van der Waals surface area contributed by atoms with E-state index >= 15 is 0 Å². The number of unbranched alkanes of at least 4 members (excludes halogenated alkanes) is 1. The Morgan fingerprint density at radius 2 is 1.95 bits per heavy atom. The summed E-state index contributed by atoms with van der Waals surface area (Å²) >= 11 is 0. The summed E-state index contributed by atoms with van der Waals surface area (Å²) in [5.74, 6) is -0.515. The number of benzene rings is 1. The molecule has 0 bridgehead atoms. The molecule has 1 amide bonds. The van der Waals surface area contributed by atoms with Gasteiger partial charge in [0.15, 0.2) is 0 Å². The van der Waals surface area contributed by atoms with E-state index < -0.39 is 18.1 Å². The molecule has 1 aromatic carbocycles. The molecule has 6 nitrogen and oxygen atoms in total. The summed E-state index contributed by atoms with van der Waals surface area (Å²) in [4.78, 5) is 23.4. The fourth-order valence-corrected chi connectivity index (χ4v) is 1.72. The first-order valence-corrected chi connectivity index (χ1v) is 6.92. The second-order valence-corrected chi connectivity index (χ2v) is 4.66. The molecule has 0 aliphatic rings. The van der Waals surface area contributed by atoms with Gasteiger partial charge in [0.2, 0.25) is 0 Å². The number of methoxy groups -OCH3 is 1. The minimum absolute atomic E-state index is 0.315. The zero-order valence-corrected chi connectivity index (χ0v) is 12.4. The molecule has 0 spiro atoms. The third kappa shape index (κ3) is 6.16. The lowest BCUT2D eigenvalue weighted by atomic mass is 10.1. The Balaban J connectivity index is 2.61. The number of hydrogen-bond donors (Lipinski definition) is 2. The van der Waals surface area contributed by atoms with Crippen LogP contribution in [0.25, 0.3) is 0 Å². The number of carbonyl (C=O) groups is 2. The number of nitrogen functional groups attached to an aromatic ring is 1. The Kier molecular flexibility index (Phi) is 7.08. The van der Waals surface area contributed by atoms with Crippen molar-refractivity contribution in [1.82, 2.24) is 5.32 Å². The van der Waals surface area contributed by atoms with Crippen LogP contribution in [0, 0.1) is 0 Å². The number of rotatable bonds is 7. The SMILES string of the molecule is CCCCOC(=O)N[C@@H](Cc1ccc(N)cc1)C(=O)OC. The molecule has 0 unspecified atom stereocenters. The molecule has 0 aliphatic heterocycles. The Labute approximate surface area is 124 Å². The number of carbonyl (C=O) groups excluding carboxylic acids is 2. The highest BCUT2D eigenvalue weighted by molar-refractivity contribution is 5.81. The maximum absolute atomic E-state index is 11.7. The van der Waals surface area contributed by atoms with Gasteiger partial charge in [-0.25, -0.2) is 9.59 Å². The van der Waals surface area contributed by atoms with E-state index in [0.717, 1.165) is 18.4 Å². The first-order valence-electron chi connectivity index (χ1n) is 6.92. The van der Waals surface area contributed by atoms with Gasteiger partial charge in [-0.2, -0.15) is 0 Å². The molecule has 0 fully saturated rings. The second-order valence-electron chi connectivity index (χ2n) is 4.66. The number of esters is 1. The number of anilines is 1. The van der Waals surface area contributed by atoms with Gasteiger partial charge in [-0.1, -0.05) is 25.5 Å². The van der Waals surface area contributed by atoms with Gasteiger partial charge in [0.1, 0.15) is 6.04 Å². The van der Waals surface area contributed by atoms with E-state index in [9.17, 15) is 9.59 Å². The Bertz CT molecular complexity index is 459. The molecule has 21 heavy (non-hydrogen) atoms. The van der Waals surface area contributed by atoms with Crippen molar-refractivity contribution in [3.63, 3.8) is 0 Å². The van der Waals surface area contributed by atoms with Crippen molar-refractivity contribution in [2.45, 2.75) is 32.2 Å². The number of ether oxygens (including phenoxy) is 2. The molecule has 0 aromatic heterocycles. The molecule has 0 saturated heterocycles. The van der Waals surface area contributed by atoms with Gasteiger partial charge in [-0.05, 0) is 24.1 Å². The number of amides is 1. The smallest absolute Gasteiger partial charge is 0.407 e. The van der Waals surface area contributed by atoms with E-state index in [1.807, 2.05) is 6.92 Å². The fraction of sp³-hybridized carbons (Fsp3) is 0.467. The van der Waals surface area contributed by atoms with Crippen LogP contribution in [-0.4, -0.2) is 31.8 Å². The van der Waals surface area contributed by atoms with Crippen molar-refractivity contribution >= 4 is 17.7 Å². The molecule has 0 heterocycles. The van der Waals surface area contributed by atoms with Gasteiger partial charge in [0, 0.05) is 12.1 Å². The number of nitrogens with two attached hydrogens (primary N) is 1. The molecule has 1 rings (SSSR count). The molecule has 3 N–H and O–H groups in total. The van der Waals surface area contributed by atoms with Crippen LogP contribution in [0.4, 0.5) is 10.5 Å². The van der Waals surface area contributed by atoms with Gasteiger partial charge in [-0.15, -0.1) is 0 Å². The second kappa shape index (κ2) is 8.84. The van der Waals surface area contributed by atoms with Gasteiger partial charge >= 0.3 is 12.1 Å². The van der Waals surface area contributed by atoms with Gasteiger partial charge in [0.25, 0.3) is 0 Å². The average molecular weight is 294 g/mol. The van der Waals surface area contributed by atoms with Crippen molar-refractivity contribution in [3.8, 4) is 0 Å². The minimum atomic E-state index is -0.784. The summed E-state index contributed by atoms with van der Waals surface area (Å²) in [7, 11) is 1.28. The largest absolute Gasteiger partial charge is 0.467 e. The lowest BCUT2D eigenvalue weighted by molar-refractivity contribution is -0.142. The molecule has 1 aromatic rings. The van der Waals surface area contributed by atoms with Crippen molar-refractivity contribution in [2.24, 2.45) is 0 Å². The standard InChI is InChI=1S/C15H22N2O4/c1-3-4-9-21-15(19)17-13(14(18)20-2)10-11-5-7-12(16)8-6-11/h5-8,13H,3-4,9-10,16H2,1-2H3,(H,17,19)/t13-/m0/s1. The topological polar surface area (TPSA) is 90.6 Å². The maximum atomic E-state index is 11.7. The summed E-state index contributed by atoms with van der Waals surface area (Å²) in [5, 5.41) is 2.52. The average Bonchev–Trinajstić information content (AvgIpc) is 2.48. The van der Waals surface area contributed by atoms with Crippen molar-refractivity contribution in [3.05, 3.63) is 29.8 Å². The van der Waals surface area contributed by atoms with Crippen LogP contribution in [0.1, 0.15) is 25.3 Å². The monoisotopic (exact) mass is 294 g/mol. The van der Waals surface area contributed by atoms with Crippen LogP contribution in [0.3, 0.4) is 0 Å². The van der Waals surface area contributed by atoms with Crippen LogP contribution >= 0.6 is 0 Å². The molecule has 0 radical (unpaired) electrons. The quantitative estimate of drug-likeness (QED) is 0.455. The molecular weight excluding hydrogens is 272 g/mol. The van der Waals surface area contributed by atoms with Crippen molar-refractivity contribution in [1.29, 1.82) is 0 Å². The first-order chi connectivity index (χ1) is 10.1. The normalized spacial score (nSPS) is 11.5. The van der Waals surface area contributed by atoms with Gasteiger partial charge in [-0.3, -0.25) is 0 Å². The third-order valence-electron chi connectivity index (χ3n) is 2.93. The summed E-state index contributed by atoms with van der Waals surface area (Å²) in [6.45, 7) is 2.33. The fourth-order valence-electron chi connectivity index (χ4n) is 1.72. The van der Waals surface area contributed by atoms with Crippen LogP contribution in [0.15, 0.2) is 24.3 Å². The molecule has 1 atom stereocenters. The van der Waals surface area contributed by atoms with Gasteiger partial charge in [0.05, 0.1) is 13.7 Å². The molecular formula is C15H22N2O4. The molecule has 116 valence electrons. The zero-order valence-electron chi connectivity index (χ0n) is 12.4. The van der Waals surface area contributed by atoms with Crippen molar-refractivity contribution in [2.75, 3.05) is 19.5 Å². The predicted octanol–water partition coefficient (Wildman–Crippen LogP) is 1.88. The van der Waals surface area contributed by atoms with Crippen LogP contribution in [0.5, 0.6) is 0 Å². The van der Waals surface area contributed by atoms with E-state index in [0.29, 0.717) is 18.7 Å². The van der Waals surface area contributed by atoms with E-state index in [2.05, 4.69) is 5.32 Å². The van der Waals surface area contributed by atoms with Crippen molar-refractivity contribution < 1.29 is 19.1 Å². The maximum Gasteiger partial charge on any atom is 0.407 e. The third-order valence-corrected chi connectivity index (χ3v) is 2.93. The van der Waals surface area contributed by atoms with Crippen LogP contribution < -0.4 is 11.1 Å². The number of alkyl carbamates (subject to hydrolysis) is 1. The van der Waals surface area contributed by atoms with E-state index in [1.54, 1.807) is 24.3 Å². The number of nitrogens with one attached hydrogen (secondary N) is 1. The number of hydrogen-bond acceptors (Lipinski definition) is 5. The Morgan fingerprint density at radius 1 is 1.29 bits per heavy atom. The van der Waals surface area contributed by atoms with E-state index in [-0.39, 0.29) is 0 Å². The highest BCUT2D eigenvalue weighted by atomic mass is 16.6. The lowest BCUT2D eigenvalue weighted by Gasteiger charge is -2.16. The van der Waals surface area contributed by atoms with Crippen LogP contribution in [-0.2, 0) is 20.7 Å². The molecule has 6 heteroatoms. The first kappa shape index (κ1) is 16.8. The van der Waals surface area contributed by atoms with E-state index in [4.69, 9.17) is 15.2 Å². The van der Waals surface area contributed by atoms with Crippen LogP contribution in [0.2, 0.25) is 0 Å². The summed E-state index contributed by atoms with van der Waals surface area (Å²) in [5.41, 5.74) is 7.12. The lowest BCUT2D eigenvalue weighted by Crippen LogP contribution is -2.43. The molecule has 0 aliphatic carbocycles. The Hall–Kier alpha value is -2.24.